The SMILES string of the molecule is C[n+]1ccn(CCCCCCCCn2cc[n+](C)c2)c1.[I-].[I-]. The van der Waals surface area contributed by atoms with E-state index in [1.165, 1.54) is 38.5 Å². The standard InChI is InChI=1S/C16H28N4.2HI/c1-17-11-13-19(15-17)9-7-5-3-4-6-8-10-20-14-12-18(2)16-20;;/h11-16H,3-10H2,1-2H3;2*1H/q+2;;/p-2. The third kappa shape index (κ3) is 8.50. The average molecular weight is 530 g/mol. The Morgan fingerprint density at radius 2 is 1.00 bits per heavy atom. The lowest BCUT2D eigenvalue weighted by atomic mass is 10.1. The minimum atomic E-state index is 0. The second-order valence-electron chi connectivity index (χ2n) is 5.76. The monoisotopic (exact) mass is 530 g/mol. The Hall–Kier alpha value is -0.120. The summed E-state index contributed by atoms with van der Waals surface area (Å²) < 4.78 is 8.74. The third-order valence-electron chi connectivity index (χ3n) is 3.73. The second-order valence-corrected chi connectivity index (χ2v) is 5.76. The molecule has 0 N–H and O–H groups in total. The van der Waals surface area contributed by atoms with Gasteiger partial charge in [-0.25, -0.2) is 18.3 Å². The van der Waals surface area contributed by atoms with Crippen LogP contribution >= 0.6 is 0 Å². The molecule has 0 saturated carbocycles. The first-order chi connectivity index (χ1) is 9.74. The molecule has 0 unspecified atom stereocenters. The number of nitrogens with zero attached hydrogens (tertiary/aromatic N) is 4. The Labute approximate surface area is 168 Å². The Morgan fingerprint density at radius 1 is 0.636 bits per heavy atom. The van der Waals surface area contributed by atoms with Crippen molar-refractivity contribution in [1.82, 2.24) is 9.13 Å². The van der Waals surface area contributed by atoms with Crippen molar-refractivity contribution in [3.8, 4) is 0 Å². The van der Waals surface area contributed by atoms with Crippen LogP contribution in [0.3, 0.4) is 0 Å². The predicted molar refractivity (Wildman–Crippen MR) is 78.9 cm³/mol. The number of unbranched alkanes of at least 4 members (excludes halogenated alkanes) is 5. The highest BCUT2D eigenvalue weighted by Crippen LogP contribution is 2.07. The lowest BCUT2D eigenvalue weighted by molar-refractivity contribution is -0.671. The smallest absolute Gasteiger partial charge is 0.243 e. The molecule has 0 aliphatic carbocycles. The van der Waals surface area contributed by atoms with Gasteiger partial charge in [0.05, 0.1) is 27.2 Å². The van der Waals surface area contributed by atoms with Gasteiger partial charge < -0.3 is 48.0 Å². The van der Waals surface area contributed by atoms with E-state index in [9.17, 15) is 0 Å². The van der Waals surface area contributed by atoms with Crippen molar-refractivity contribution in [3.05, 3.63) is 37.4 Å². The van der Waals surface area contributed by atoms with Gasteiger partial charge in [0, 0.05) is 0 Å². The van der Waals surface area contributed by atoms with Crippen molar-refractivity contribution in [2.24, 2.45) is 14.1 Å². The Balaban J connectivity index is 0.00000220. The Bertz CT molecular complexity index is 461. The number of hydrogen-bond donors (Lipinski definition) is 0. The molecular weight excluding hydrogens is 502 g/mol. The summed E-state index contributed by atoms with van der Waals surface area (Å²) >= 11 is 0. The van der Waals surface area contributed by atoms with Crippen molar-refractivity contribution in [3.63, 3.8) is 0 Å². The van der Waals surface area contributed by atoms with Gasteiger partial charge in [0.2, 0.25) is 12.7 Å². The molecule has 0 saturated heterocycles. The van der Waals surface area contributed by atoms with Crippen LogP contribution in [-0.4, -0.2) is 9.13 Å². The summed E-state index contributed by atoms with van der Waals surface area (Å²) in [7, 11) is 4.14. The fourth-order valence-corrected chi connectivity index (χ4v) is 2.56. The van der Waals surface area contributed by atoms with E-state index in [0.717, 1.165) is 13.1 Å². The fourth-order valence-electron chi connectivity index (χ4n) is 2.56. The summed E-state index contributed by atoms with van der Waals surface area (Å²) in [5.74, 6) is 0. The molecule has 0 spiro atoms. The number of aryl methyl sites for hydroxylation is 4. The van der Waals surface area contributed by atoms with Crippen LogP contribution in [0.25, 0.3) is 0 Å². The molecule has 2 aromatic rings. The van der Waals surface area contributed by atoms with Crippen LogP contribution in [0.4, 0.5) is 0 Å². The molecule has 0 radical (unpaired) electrons. The predicted octanol–water partition coefficient (Wildman–Crippen LogP) is -4.01. The quantitative estimate of drug-likeness (QED) is 0.179. The van der Waals surface area contributed by atoms with Crippen molar-refractivity contribution in [2.45, 2.75) is 51.6 Å². The largest absolute Gasteiger partial charge is 1.00 e. The highest BCUT2D eigenvalue weighted by Gasteiger charge is 2.01. The van der Waals surface area contributed by atoms with Crippen LogP contribution in [0.2, 0.25) is 0 Å². The highest BCUT2D eigenvalue weighted by atomic mass is 127. The molecule has 4 nitrogen and oxygen atoms in total. The van der Waals surface area contributed by atoms with Gasteiger partial charge in [-0.05, 0) is 25.7 Å². The van der Waals surface area contributed by atoms with Crippen molar-refractivity contribution in [2.75, 3.05) is 0 Å². The van der Waals surface area contributed by atoms with E-state index >= 15 is 0 Å². The van der Waals surface area contributed by atoms with Crippen molar-refractivity contribution < 1.29 is 57.1 Å². The molecule has 22 heavy (non-hydrogen) atoms. The van der Waals surface area contributed by atoms with E-state index in [1.54, 1.807) is 0 Å². The van der Waals surface area contributed by atoms with Crippen LogP contribution in [0.15, 0.2) is 37.4 Å². The van der Waals surface area contributed by atoms with Crippen LogP contribution in [-0.2, 0) is 27.2 Å². The summed E-state index contributed by atoms with van der Waals surface area (Å²) in [6, 6.07) is 0. The van der Waals surface area contributed by atoms with Crippen LogP contribution in [0.1, 0.15) is 38.5 Å². The number of rotatable bonds is 9. The van der Waals surface area contributed by atoms with Crippen molar-refractivity contribution in [1.29, 1.82) is 0 Å². The molecule has 0 bridgehead atoms. The van der Waals surface area contributed by atoms with Gasteiger partial charge in [0.15, 0.2) is 0 Å². The highest BCUT2D eigenvalue weighted by molar-refractivity contribution is 4.66. The zero-order valence-electron chi connectivity index (χ0n) is 13.7. The van der Waals surface area contributed by atoms with E-state index in [2.05, 4.69) is 69.8 Å². The lowest BCUT2D eigenvalue weighted by Crippen LogP contribution is -3.00. The molecule has 0 amide bonds. The van der Waals surface area contributed by atoms with E-state index < -0.39 is 0 Å². The molecule has 0 atom stereocenters. The van der Waals surface area contributed by atoms with Crippen LogP contribution in [0, 0.1) is 0 Å². The molecule has 2 heterocycles. The molecular formula is C16H28I2N4. The van der Waals surface area contributed by atoms with Gasteiger partial charge in [0.1, 0.15) is 24.8 Å². The molecule has 6 heteroatoms. The average Bonchev–Trinajstić information content (AvgIpc) is 3.02. The maximum Gasteiger partial charge on any atom is 0.243 e. The number of halogens is 2. The fraction of sp³-hybridized carbons (Fsp3) is 0.625. The maximum absolute atomic E-state index is 2.27. The van der Waals surface area contributed by atoms with Crippen molar-refractivity contribution >= 4 is 0 Å². The minimum Gasteiger partial charge on any atom is -1.00 e. The number of hydrogen-bond acceptors (Lipinski definition) is 0. The minimum absolute atomic E-state index is 0. The summed E-state index contributed by atoms with van der Waals surface area (Å²) in [4.78, 5) is 0. The topological polar surface area (TPSA) is 17.6 Å². The first-order valence-corrected chi connectivity index (χ1v) is 7.76. The van der Waals surface area contributed by atoms with E-state index in [-0.39, 0.29) is 48.0 Å². The third-order valence-corrected chi connectivity index (χ3v) is 3.73. The van der Waals surface area contributed by atoms with E-state index in [0.29, 0.717) is 0 Å². The van der Waals surface area contributed by atoms with Gasteiger partial charge in [-0.2, -0.15) is 0 Å². The number of aromatic nitrogens is 4. The zero-order chi connectivity index (χ0) is 14.2. The molecule has 0 aliphatic rings. The zero-order valence-corrected chi connectivity index (χ0v) is 18.0. The van der Waals surface area contributed by atoms with Crippen LogP contribution < -0.4 is 57.1 Å². The molecule has 2 rings (SSSR count). The summed E-state index contributed by atoms with van der Waals surface area (Å²) in [5.41, 5.74) is 0. The van der Waals surface area contributed by atoms with Gasteiger partial charge in [-0.15, -0.1) is 0 Å². The van der Waals surface area contributed by atoms with Gasteiger partial charge in [-0.1, -0.05) is 12.8 Å². The first-order valence-electron chi connectivity index (χ1n) is 7.76. The van der Waals surface area contributed by atoms with E-state index in [1.807, 2.05) is 0 Å². The molecule has 126 valence electrons. The molecule has 0 aliphatic heterocycles. The molecule has 2 aromatic heterocycles. The van der Waals surface area contributed by atoms with E-state index in [4.69, 9.17) is 0 Å². The summed E-state index contributed by atoms with van der Waals surface area (Å²) in [6.07, 6.45) is 20.8. The van der Waals surface area contributed by atoms with Gasteiger partial charge in [-0.3, -0.25) is 0 Å². The Morgan fingerprint density at radius 3 is 1.32 bits per heavy atom. The second kappa shape index (κ2) is 12.3. The maximum atomic E-state index is 2.27. The van der Waals surface area contributed by atoms with Gasteiger partial charge in [0.25, 0.3) is 0 Å². The summed E-state index contributed by atoms with van der Waals surface area (Å²) in [5, 5.41) is 0. The van der Waals surface area contributed by atoms with Gasteiger partial charge >= 0.3 is 0 Å². The summed E-state index contributed by atoms with van der Waals surface area (Å²) in [6.45, 7) is 2.31. The normalized spacial score (nSPS) is 10.1. The van der Waals surface area contributed by atoms with Crippen LogP contribution in [0.5, 0.6) is 0 Å². The molecule has 0 fully saturated rings. The lowest BCUT2D eigenvalue weighted by Gasteiger charge is -2.00. The number of imidazole rings is 2. The molecule has 0 aromatic carbocycles. The Kier molecular flexibility index (Phi) is 12.3. The first kappa shape index (κ1) is 21.9.